The van der Waals surface area contributed by atoms with Gasteiger partial charge in [-0.15, -0.1) is 0 Å². The molecule has 0 spiro atoms. The van der Waals surface area contributed by atoms with Gasteiger partial charge in [-0.05, 0) is 83.5 Å². The zero-order valence-electron chi connectivity index (χ0n) is 36.5. The number of rotatable bonds is 36. The van der Waals surface area contributed by atoms with Crippen molar-refractivity contribution in [3.8, 4) is 0 Å². The summed E-state index contributed by atoms with van der Waals surface area (Å²) in [5.41, 5.74) is 0. The van der Waals surface area contributed by atoms with E-state index in [-0.39, 0.29) is 19.4 Å². The molecule has 1 saturated heterocycles. The molecule has 344 valence electrons. The van der Waals surface area contributed by atoms with Crippen molar-refractivity contribution in [1.82, 2.24) is 0 Å². The van der Waals surface area contributed by atoms with Crippen LogP contribution in [0.3, 0.4) is 0 Å². The number of aliphatic hydroxyl groups is 3. The second kappa shape index (κ2) is 36.7. The quantitative estimate of drug-likeness (QED) is 0.0203. The molecule has 1 aliphatic rings. The summed E-state index contributed by atoms with van der Waals surface area (Å²) in [6.45, 7) is 3.61. The highest BCUT2D eigenvalue weighted by Gasteiger charge is 2.46. The van der Waals surface area contributed by atoms with Gasteiger partial charge in [0.15, 0.2) is 12.4 Å². The van der Waals surface area contributed by atoms with Crippen LogP contribution in [0.15, 0.2) is 72.9 Å². The lowest BCUT2D eigenvalue weighted by Gasteiger charge is -2.40. The maximum atomic E-state index is 12.8. The number of esters is 2. The van der Waals surface area contributed by atoms with Crippen LogP contribution >= 0.6 is 0 Å². The van der Waals surface area contributed by atoms with Crippen molar-refractivity contribution in [2.45, 2.75) is 192 Å². The van der Waals surface area contributed by atoms with E-state index in [1.165, 1.54) is 44.9 Å². The number of hydrogen-bond donors (Lipinski definition) is 4. The number of aliphatic hydroxyl groups excluding tert-OH is 3. The molecule has 0 aromatic heterocycles. The predicted molar refractivity (Wildman–Crippen MR) is 238 cm³/mol. The molecule has 0 aliphatic carbocycles. The lowest BCUT2D eigenvalue weighted by atomic mass is 10.00. The summed E-state index contributed by atoms with van der Waals surface area (Å²) in [5.74, 6) is -2.08. The number of ether oxygens (including phenoxy) is 4. The number of allylic oxidation sites excluding steroid dienone is 12. The lowest BCUT2D eigenvalue weighted by molar-refractivity contribution is -0.297. The Morgan fingerprint density at radius 3 is 1.58 bits per heavy atom. The van der Waals surface area contributed by atoms with Gasteiger partial charge >= 0.3 is 11.9 Å². The van der Waals surface area contributed by atoms with Crippen LogP contribution in [0.5, 0.6) is 0 Å². The molecule has 60 heavy (non-hydrogen) atoms. The molecular weight excluding hydrogens is 789 g/mol. The molecule has 13 heteroatoms. The maximum absolute atomic E-state index is 12.8. The molecule has 6 atom stereocenters. The maximum Gasteiger partial charge on any atom is 0.306 e. The highest BCUT2D eigenvalue weighted by atomic mass is 32.2. The fourth-order valence-corrected chi connectivity index (χ4v) is 6.92. The summed E-state index contributed by atoms with van der Waals surface area (Å²) in [6.07, 6.45) is 36.6. The molecule has 1 aliphatic heterocycles. The predicted octanol–water partition coefficient (Wildman–Crippen LogP) is 9.11. The smallest absolute Gasteiger partial charge is 0.306 e. The van der Waals surface area contributed by atoms with Gasteiger partial charge in [-0.1, -0.05) is 132 Å². The van der Waals surface area contributed by atoms with Crippen LogP contribution in [0.1, 0.15) is 155 Å². The molecule has 1 heterocycles. The Kier molecular flexibility index (Phi) is 33.7. The fourth-order valence-electron chi connectivity index (χ4n) is 6.23. The van der Waals surface area contributed by atoms with Crippen LogP contribution in [0.2, 0.25) is 0 Å². The van der Waals surface area contributed by atoms with E-state index in [1.54, 1.807) is 0 Å². The first-order chi connectivity index (χ1) is 29.0. The first-order valence-corrected chi connectivity index (χ1v) is 24.1. The highest BCUT2D eigenvalue weighted by Crippen LogP contribution is 2.24. The third kappa shape index (κ3) is 31.0. The summed E-state index contributed by atoms with van der Waals surface area (Å²) in [6, 6.07) is 0. The van der Waals surface area contributed by atoms with Crippen molar-refractivity contribution >= 4 is 22.1 Å². The average molecular weight is 867 g/mol. The fraction of sp³-hybridized carbons (Fsp3) is 0.702. The number of unbranched alkanes of at least 4 members (excludes halogenated alkanes) is 12. The highest BCUT2D eigenvalue weighted by molar-refractivity contribution is 7.85. The van der Waals surface area contributed by atoms with Crippen molar-refractivity contribution in [3.63, 3.8) is 0 Å². The summed E-state index contributed by atoms with van der Waals surface area (Å²) >= 11 is 0. The number of carbonyl (C=O) groups excluding carboxylic acids is 2. The SMILES string of the molecule is CCC/C=C/C/C=C/C/C=C/C/C=C/CCCCCC(=O)O[C@H](COC(=O)CCCC/C=C/C/C=C/CCCCCCCC)CO[C@H]1O[C@H](CS(=O)(=O)O)[C@@H](O)C(O)C1O. The standard InChI is InChI=1S/C47H78O12S/c1-3-5-7-9-11-13-15-17-19-20-22-24-26-28-30-32-34-36-43(49)58-40(38-57-47-46(52)45(51)44(50)41(59-47)39-60(53,54)55)37-56-42(48)35-33-31-29-27-25-23-21-18-16-14-12-10-8-6-4-2/h7,9,13,15,18-21,24-27,40-41,44-47,50-52H,3-6,8,10-12,14,16-17,22-23,28-39H2,1-2H3,(H,53,54,55)/b9-7+,15-13+,20-19+,21-18+,26-24+,27-25+/t40-,41-,44-,45?,46?,47+/m1/s1. The summed E-state index contributed by atoms with van der Waals surface area (Å²) < 4.78 is 54.0. The van der Waals surface area contributed by atoms with E-state index in [9.17, 15) is 37.9 Å². The minimum atomic E-state index is -4.61. The van der Waals surface area contributed by atoms with Crippen molar-refractivity contribution in [1.29, 1.82) is 0 Å². The third-order valence-electron chi connectivity index (χ3n) is 9.74. The lowest BCUT2D eigenvalue weighted by Crippen LogP contribution is -2.60. The van der Waals surface area contributed by atoms with Gasteiger partial charge in [-0.25, -0.2) is 0 Å². The Hall–Kier alpha value is -2.91. The molecular formula is C47H78O12S. The van der Waals surface area contributed by atoms with Gasteiger partial charge in [0.2, 0.25) is 0 Å². The largest absolute Gasteiger partial charge is 0.462 e. The van der Waals surface area contributed by atoms with Crippen molar-refractivity contribution in [2.24, 2.45) is 0 Å². The van der Waals surface area contributed by atoms with Crippen LogP contribution in [0.25, 0.3) is 0 Å². The average Bonchev–Trinajstić information content (AvgIpc) is 3.21. The number of hydrogen-bond acceptors (Lipinski definition) is 11. The van der Waals surface area contributed by atoms with Crippen LogP contribution < -0.4 is 0 Å². The van der Waals surface area contributed by atoms with Crippen molar-refractivity contribution < 1.29 is 56.8 Å². The molecule has 2 unspecified atom stereocenters. The molecule has 0 radical (unpaired) electrons. The monoisotopic (exact) mass is 867 g/mol. The Bertz CT molecular complexity index is 1390. The molecule has 0 amide bonds. The van der Waals surface area contributed by atoms with Crippen molar-refractivity contribution in [2.75, 3.05) is 19.0 Å². The Labute approximate surface area is 361 Å². The van der Waals surface area contributed by atoms with E-state index in [0.717, 1.165) is 70.6 Å². The van der Waals surface area contributed by atoms with E-state index in [0.29, 0.717) is 12.8 Å². The first kappa shape index (κ1) is 55.1. The second-order valence-corrected chi connectivity index (χ2v) is 16.9. The first-order valence-electron chi connectivity index (χ1n) is 22.5. The molecule has 0 saturated carbocycles. The summed E-state index contributed by atoms with van der Waals surface area (Å²) in [7, 11) is -4.61. The van der Waals surface area contributed by atoms with E-state index >= 15 is 0 Å². The molecule has 0 aromatic rings. The Morgan fingerprint density at radius 2 is 1.03 bits per heavy atom. The van der Waals surface area contributed by atoms with Crippen molar-refractivity contribution in [3.05, 3.63) is 72.9 Å². The Balaban J connectivity index is 2.51. The minimum absolute atomic E-state index is 0.116. The van der Waals surface area contributed by atoms with Gasteiger partial charge in [-0.3, -0.25) is 14.1 Å². The van der Waals surface area contributed by atoms with Crippen LogP contribution in [0.4, 0.5) is 0 Å². The van der Waals surface area contributed by atoms with Gasteiger partial charge in [0.25, 0.3) is 10.1 Å². The van der Waals surface area contributed by atoms with E-state index in [1.807, 2.05) is 0 Å². The zero-order chi connectivity index (χ0) is 44.1. The van der Waals surface area contributed by atoms with Gasteiger partial charge in [0.1, 0.15) is 36.8 Å². The van der Waals surface area contributed by atoms with E-state index < -0.39 is 71.2 Å². The van der Waals surface area contributed by atoms with Gasteiger partial charge in [0, 0.05) is 12.8 Å². The normalized spacial score (nSPS) is 20.8. The molecule has 0 aromatic carbocycles. The summed E-state index contributed by atoms with van der Waals surface area (Å²) in [5, 5.41) is 30.9. The summed E-state index contributed by atoms with van der Waals surface area (Å²) in [4.78, 5) is 25.4. The van der Waals surface area contributed by atoms with E-state index in [4.69, 9.17) is 18.9 Å². The van der Waals surface area contributed by atoms with Gasteiger partial charge in [-0.2, -0.15) is 8.42 Å². The topological polar surface area (TPSA) is 186 Å². The number of carbonyl (C=O) groups is 2. The third-order valence-corrected chi connectivity index (χ3v) is 10.5. The molecule has 1 rings (SSSR count). The molecule has 4 N–H and O–H groups in total. The second-order valence-electron chi connectivity index (χ2n) is 15.4. The van der Waals surface area contributed by atoms with Crippen LogP contribution in [-0.4, -0.2) is 96.0 Å². The minimum Gasteiger partial charge on any atom is -0.462 e. The van der Waals surface area contributed by atoms with E-state index in [2.05, 4.69) is 86.8 Å². The van der Waals surface area contributed by atoms with Gasteiger partial charge in [0.05, 0.1) is 6.61 Å². The molecule has 12 nitrogen and oxygen atoms in total. The molecule has 1 fully saturated rings. The van der Waals surface area contributed by atoms with Crippen LogP contribution in [0, 0.1) is 0 Å². The Morgan fingerprint density at radius 1 is 0.567 bits per heavy atom. The van der Waals surface area contributed by atoms with Crippen LogP contribution in [-0.2, 0) is 38.7 Å². The molecule has 0 bridgehead atoms. The zero-order valence-corrected chi connectivity index (χ0v) is 37.3. The van der Waals surface area contributed by atoms with Gasteiger partial charge < -0.3 is 34.3 Å².